The molecular formula is C23H22N2O3. The molecule has 0 atom stereocenters. The molecule has 1 N–H and O–H groups in total. The van der Waals surface area contributed by atoms with E-state index in [9.17, 15) is 4.79 Å². The second kappa shape index (κ2) is 9.92. The van der Waals surface area contributed by atoms with E-state index in [1.165, 1.54) is 0 Å². The van der Waals surface area contributed by atoms with Gasteiger partial charge in [0.1, 0.15) is 18.1 Å². The molecule has 3 aromatic carbocycles. The van der Waals surface area contributed by atoms with Crippen LogP contribution < -0.4 is 14.9 Å². The Morgan fingerprint density at radius 2 is 1.64 bits per heavy atom. The molecule has 0 aliphatic carbocycles. The number of nitrogens with zero attached hydrogens (tertiary/aromatic N) is 1. The van der Waals surface area contributed by atoms with Crippen molar-refractivity contribution in [2.45, 2.75) is 13.0 Å². The Kier molecular flexibility index (Phi) is 6.79. The van der Waals surface area contributed by atoms with Crippen LogP contribution in [-0.2, 0) is 17.8 Å². The molecule has 5 heteroatoms. The highest BCUT2D eigenvalue weighted by Gasteiger charge is 2.04. The van der Waals surface area contributed by atoms with Gasteiger partial charge < -0.3 is 9.47 Å². The quantitative estimate of drug-likeness (QED) is 0.479. The zero-order chi connectivity index (χ0) is 19.6. The Hall–Kier alpha value is -3.60. The fraction of sp³-hybridized carbons (Fsp3) is 0.130. The number of para-hydroxylation sites is 1. The third-order valence-corrected chi connectivity index (χ3v) is 4.07. The number of carbonyl (C=O) groups excluding carboxylic acids is 1. The zero-order valence-corrected chi connectivity index (χ0v) is 15.7. The Labute approximate surface area is 164 Å². The van der Waals surface area contributed by atoms with Crippen LogP contribution in [0.25, 0.3) is 0 Å². The lowest BCUT2D eigenvalue weighted by atomic mass is 10.1. The maximum atomic E-state index is 12.1. The minimum atomic E-state index is -0.191. The number of rotatable bonds is 8. The SMILES string of the molecule is COc1ccc(CC(=O)N/N=C/c2ccccc2OCc2ccccc2)cc1. The molecule has 0 radical (unpaired) electrons. The van der Waals surface area contributed by atoms with Gasteiger partial charge in [0.05, 0.1) is 19.7 Å². The molecule has 0 unspecified atom stereocenters. The molecular weight excluding hydrogens is 352 g/mol. The van der Waals surface area contributed by atoms with E-state index in [1.54, 1.807) is 13.3 Å². The average Bonchev–Trinajstić information content (AvgIpc) is 2.74. The number of carbonyl (C=O) groups is 1. The predicted octanol–water partition coefficient (Wildman–Crippen LogP) is 3.97. The van der Waals surface area contributed by atoms with Crippen LogP contribution in [0.2, 0.25) is 0 Å². The van der Waals surface area contributed by atoms with Gasteiger partial charge in [0.25, 0.3) is 0 Å². The van der Waals surface area contributed by atoms with Crippen molar-refractivity contribution in [2.24, 2.45) is 5.10 Å². The van der Waals surface area contributed by atoms with Crippen LogP contribution in [0.3, 0.4) is 0 Å². The minimum absolute atomic E-state index is 0.191. The molecule has 3 rings (SSSR count). The van der Waals surface area contributed by atoms with E-state index in [4.69, 9.17) is 9.47 Å². The predicted molar refractivity (Wildman–Crippen MR) is 110 cm³/mol. The molecule has 0 aliphatic rings. The number of benzene rings is 3. The lowest BCUT2D eigenvalue weighted by Gasteiger charge is -2.09. The number of hydrogen-bond donors (Lipinski definition) is 1. The van der Waals surface area contributed by atoms with Gasteiger partial charge in [-0.2, -0.15) is 5.10 Å². The summed E-state index contributed by atoms with van der Waals surface area (Å²) in [5.41, 5.74) is 5.32. The van der Waals surface area contributed by atoms with Crippen molar-refractivity contribution in [3.63, 3.8) is 0 Å². The van der Waals surface area contributed by atoms with Gasteiger partial charge in [-0.25, -0.2) is 5.43 Å². The monoisotopic (exact) mass is 374 g/mol. The highest BCUT2D eigenvalue weighted by Crippen LogP contribution is 2.17. The van der Waals surface area contributed by atoms with Crippen molar-refractivity contribution in [3.8, 4) is 11.5 Å². The number of amides is 1. The summed E-state index contributed by atoms with van der Waals surface area (Å²) in [5, 5.41) is 4.06. The Bertz CT molecular complexity index is 922. The molecule has 0 bridgehead atoms. The van der Waals surface area contributed by atoms with Crippen LogP contribution in [-0.4, -0.2) is 19.2 Å². The van der Waals surface area contributed by atoms with Gasteiger partial charge in [-0.05, 0) is 35.4 Å². The normalized spacial score (nSPS) is 10.6. The van der Waals surface area contributed by atoms with Crippen molar-refractivity contribution in [2.75, 3.05) is 7.11 Å². The molecule has 0 saturated carbocycles. The minimum Gasteiger partial charge on any atom is -0.497 e. The van der Waals surface area contributed by atoms with Crippen LogP contribution in [0.5, 0.6) is 11.5 Å². The van der Waals surface area contributed by atoms with Crippen molar-refractivity contribution < 1.29 is 14.3 Å². The van der Waals surface area contributed by atoms with E-state index < -0.39 is 0 Å². The van der Waals surface area contributed by atoms with Crippen molar-refractivity contribution in [1.29, 1.82) is 0 Å². The topological polar surface area (TPSA) is 59.9 Å². The number of nitrogens with one attached hydrogen (secondary N) is 1. The molecule has 0 aromatic heterocycles. The number of hydrazone groups is 1. The van der Waals surface area contributed by atoms with E-state index in [1.807, 2.05) is 78.9 Å². The number of ether oxygens (including phenoxy) is 2. The summed E-state index contributed by atoms with van der Waals surface area (Å²) < 4.78 is 11.0. The zero-order valence-electron chi connectivity index (χ0n) is 15.7. The van der Waals surface area contributed by atoms with E-state index in [2.05, 4.69) is 10.5 Å². The van der Waals surface area contributed by atoms with Gasteiger partial charge >= 0.3 is 0 Å². The molecule has 28 heavy (non-hydrogen) atoms. The molecule has 0 fully saturated rings. The smallest absolute Gasteiger partial charge is 0.244 e. The highest BCUT2D eigenvalue weighted by atomic mass is 16.5. The maximum absolute atomic E-state index is 12.1. The first-order valence-electron chi connectivity index (χ1n) is 8.95. The van der Waals surface area contributed by atoms with Gasteiger partial charge in [-0.1, -0.05) is 54.6 Å². The first kappa shape index (κ1) is 19.2. The number of methoxy groups -OCH3 is 1. The van der Waals surface area contributed by atoms with Crippen molar-refractivity contribution in [3.05, 3.63) is 95.6 Å². The molecule has 142 valence electrons. The van der Waals surface area contributed by atoms with Crippen LogP contribution in [0.4, 0.5) is 0 Å². The standard InChI is InChI=1S/C23H22N2O3/c1-27-21-13-11-18(12-14-21)15-23(26)25-24-16-20-9-5-6-10-22(20)28-17-19-7-3-2-4-8-19/h2-14,16H,15,17H2,1H3,(H,25,26)/b24-16+. The second-order valence-corrected chi connectivity index (χ2v) is 6.13. The van der Waals surface area contributed by atoms with E-state index in [-0.39, 0.29) is 12.3 Å². The molecule has 1 amide bonds. The fourth-order valence-electron chi connectivity index (χ4n) is 2.60. The van der Waals surface area contributed by atoms with Crippen LogP contribution in [0, 0.1) is 0 Å². The average molecular weight is 374 g/mol. The van der Waals surface area contributed by atoms with Crippen LogP contribution in [0.15, 0.2) is 84.0 Å². The summed E-state index contributed by atoms with van der Waals surface area (Å²) >= 11 is 0. The third kappa shape index (κ3) is 5.71. The second-order valence-electron chi connectivity index (χ2n) is 6.13. The highest BCUT2D eigenvalue weighted by molar-refractivity contribution is 5.85. The van der Waals surface area contributed by atoms with Gasteiger partial charge in [-0.15, -0.1) is 0 Å². The fourth-order valence-corrected chi connectivity index (χ4v) is 2.60. The van der Waals surface area contributed by atoms with E-state index in [0.717, 1.165) is 22.4 Å². The number of hydrogen-bond acceptors (Lipinski definition) is 4. The maximum Gasteiger partial charge on any atom is 0.244 e. The summed E-state index contributed by atoms with van der Waals surface area (Å²) in [6.07, 6.45) is 1.83. The molecule has 0 spiro atoms. The lowest BCUT2D eigenvalue weighted by molar-refractivity contribution is -0.120. The summed E-state index contributed by atoms with van der Waals surface area (Å²) in [4.78, 5) is 12.1. The summed E-state index contributed by atoms with van der Waals surface area (Å²) in [6.45, 7) is 0.468. The van der Waals surface area contributed by atoms with Crippen LogP contribution in [0.1, 0.15) is 16.7 Å². The van der Waals surface area contributed by atoms with Crippen LogP contribution >= 0.6 is 0 Å². The molecule has 0 heterocycles. The largest absolute Gasteiger partial charge is 0.497 e. The Morgan fingerprint density at radius 1 is 0.929 bits per heavy atom. The lowest BCUT2D eigenvalue weighted by Crippen LogP contribution is -2.19. The van der Waals surface area contributed by atoms with Gasteiger partial charge in [0.2, 0.25) is 5.91 Å². The molecule has 0 aliphatic heterocycles. The van der Waals surface area contributed by atoms with Crippen molar-refractivity contribution in [1.82, 2.24) is 5.43 Å². The Balaban J connectivity index is 1.55. The Morgan fingerprint density at radius 3 is 2.39 bits per heavy atom. The first-order chi connectivity index (χ1) is 13.7. The molecule has 0 saturated heterocycles. The van der Waals surface area contributed by atoms with E-state index in [0.29, 0.717) is 12.4 Å². The molecule has 3 aromatic rings. The molecule has 5 nitrogen and oxygen atoms in total. The van der Waals surface area contributed by atoms with Gasteiger partial charge in [0.15, 0.2) is 0 Å². The first-order valence-corrected chi connectivity index (χ1v) is 8.95. The van der Waals surface area contributed by atoms with Gasteiger partial charge in [-0.3, -0.25) is 4.79 Å². The third-order valence-electron chi connectivity index (χ3n) is 4.07. The summed E-state index contributed by atoms with van der Waals surface area (Å²) in [7, 11) is 1.61. The van der Waals surface area contributed by atoms with Crippen molar-refractivity contribution >= 4 is 12.1 Å². The summed E-state index contributed by atoms with van der Waals surface area (Å²) in [5.74, 6) is 1.28. The van der Waals surface area contributed by atoms with Gasteiger partial charge in [0, 0.05) is 5.56 Å². The summed E-state index contributed by atoms with van der Waals surface area (Å²) in [6, 6.07) is 24.9. The van der Waals surface area contributed by atoms with E-state index >= 15 is 0 Å².